The lowest BCUT2D eigenvalue weighted by Crippen LogP contribution is -2.35. The van der Waals surface area contributed by atoms with E-state index in [1.165, 1.54) is 16.2 Å². The van der Waals surface area contributed by atoms with Crippen LogP contribution in [0.1, 0.15) is 31.6 Å². The average molecular weight is 332 g/mol. The number of halogens is 1. The fourth-order valence-corrected chi connectivity index (χ4v) is 3.56. The Morgan fingerprint density at radius 2 is 2.05 bits per heavy atom. The first-order valence-corrected chi connectivity index (χ1v) is 7.83. The molecule has 1 amide bonds. The third-order valence-corrected chi connectivity index (χ3v) is 4.61. The highest BCUT2D eigenvalue weighted by Gasteiger charge is 2.42. The predicted octanol–water partition coefficient (Wildman–Crippen LogP) is 3.44. The zero-order valence-corrected chi connectivity index (χ0v) is 13.7. The number of thiophene rings is 1. The Kier molecular flexibility index (Phi) is 4.49. The van der Waals surface area contributed by atoms with Gasteiger partial charge in [0.25, 0.3) is 0 Å². The largest absolute Gasteiger partial charge is 0.481 e. The quantitative estimate of drug-likeness (QED) is 0.901. The molecule has 1 N–H and O–H groups in total. The van der Waals surface area contributed by atoms with Gasteiger partial charge in [-0.25, -0.2) is 4.79 Å². The van der Waals surface area contributed by atoms with Crippen molar-refractivity contribution in [1.29, 1.82) is 0 Å². The number of hydrogen-bond donors (Lipinski definition) is 1. The summed E-state index contributed by atoms with van der Waals surface area (Å²) in [6.45, 7) is 5.84. The van der Waals surface area contributed by atoms with Gasteiger partial charge in [0.15, 0.2) is 0 Å². The zero-order valence-electron chi connectivity index (χ0n) is 12.1. The highest BCUT2D eigenvalue weighted by Crippen LogP contribution is 2.38. The van der Waals surface area contributed by atoms with Crippen molar-refractivity contribution in [2.75, 3.05) is 13.1 Å². The molecule has 0 aromatic carbocycles. The van der Waals surface area contributed by atoms with E-state index in [0.29, 0.717) is 10.9 Å². The molecule has 21 heavy (non-hydrogen) atoms. The monoisotopic (exact) mass is 331 g/mol. The molecule has 0 radical (unpaired) electrons. The molecule has 1 aromatic rings. The summed E-state index contributed by atoms with van der Waals surface area (Å²) in [6.07, 6.45) is -0.473. The number of carbonyl (C=O) groups excluding carboxylic acids is 1. The van der Waals surface area contributed by atoms with E-state index in [1.54, 1.807) is 26.8 Å². The van der Waals surface area contributed by atoms with Crippen molar-refractivity contribution in [3.8, 4) is 0 Å². The summed E-state index contributed by atoms with van der Waals surface area (Å²) in [6, 6.07) is 3.57. The first kappa shape index (κ1) is 16.1. The van der Waals surface area contributed by atoms with Crippen LogP contribution in [0.4, 0.5) is 4.79 Å². The molecule has 0 aliphatic carbocycles. The number of amides is 1. The summed E-state index contributed by atoms with van der Waals surface area (Å²) >= 11 is 7.27. The van der Waals surface area contributed by atoms with Crippen molar-refractivity contribution in [1.82, 2.24) is 4.90 Å². The van der Waals surface area contributed by atoms with Crippen LogP contribution in [0, 0.1) is 5.92 Å². The number of nitrogens with zero attached hydrogens (tertiary/aromatic N) is 1. The maximum Gasteiger partial charge on any atom is 0.410 e. The molecule has 2 rings (SSSR count). The third-order valence-electron chi connectivity index (χ3n) is 3.25. The predicted molar refractivity (Wildman–Crippen MR) is 81.0 cm³/mol. The molecule has 0 saturated carbocycles. The summed E-state index contributed by atoms with van der Waals surface area (Å²) in [5.41, 5.74) is -0.597. The Labute approximate surface area is 132 Å². The maximum atomic E-state index is 12.1. The summed E-state index contributed by atoms with van der Waals surface area (Å²) in [4.78, 5) is 25.9. The van der Waals surface area contributed by atoms with Crippen LogP contribution >= 0.6 is 22.9 Å². The van der Waals surface area contributed by atoms with E-state index in [4.69, 9.17) is 16.3 Å². The summed E-state index contributed by atoms with van der Waals surface area (Å²) in [5, 5.41) is 9.38. The minimum absolute atomic E-state index is 0.157. The van der Waals surface area contributed by atoms with Gasteiger partial charge in [0.05, 0.1) is 10.3 Å². The number of carboxylic acid groups (broad SMARTS) is 1. The molecule has 0 bridgehead atoms. The van der Waals surface area contributed by atoms with Crippen molar-refractivity contribution >= 4 is 35.0 Å². The molecule has 0 spiro atoms. The van der Waals surface area contributed by atoms with Crippen molar-refractivity contribution in [3.05, 3.63) is 21.3 Å². The second-order valence-corrected chi connectivity index (χ2v) is 7.83. The van der Waals surface area contributed by atoms with Crippen LogP contribution in [0.2, 0.25) is 4.34 Å². The zero-order chi connectivity index (χ0) is 15.8. The molecule has 1 aliphatic heterocycles. The number of carboxylic acids is 1. The van der Waals surface area contributed by atoms with Crippen LogP contribution in [0.15, 0.2) is 12.1 Å². The molecule has 116 valence electrons. The molecule has 2 unspecified atom stereocenters. The van der Waals surface area contributed by atoms with Crippen LogP contribution in [0.25, 0.3) is 0 Å². The number of rotatable bonds is 2. The Morgan fingerprint density at radius 1 is 1.38 bits per heavy atom. The standard InChI is InChI=1S/C14H18ClNO4S/c1-14(2,3)20-13(19)16-6-8(9(7-16)12(17)18)10-4-5-11(15)21-10/h4-5,8-9H,6-7H2,1-3H3,(H,17,18). The van der Waals surface area contributed by atoms with Crippen molar-refractivity contribution in [2.24, 2.45) is 5.92 Å². The molecule has 7 heteroatoms. The van der Waals surface area contributed by atoms with Gasteiger partial charge >= 0.3 is 12.1 Å². The third kappa shape index (κ3) is 3.89. The first-order chi connectivity index (χ1) is 9.67. The molecule has 1 aromatic heterocycles. The SMILES string of the molecule is CC(C)(C)OC(=O)N1CC(C(=O)O)C(c2ccc(Cl)s2)C1. The Morgan fingerprint density at radius 3 is 2.52 bits per heavy atom. The molecular weight excluding hydrogens is 314 g/mol. The van der Waals surface area contributed by atoms with Gasteiger partial charge < -0.3 is 14.7 Å². The van der Waals surface area contributed by atoms with Gasteiger partial charge in [0.1, 0.15) is 5.60 Å². The van der Waals surface area contributed by atoms with Gasteiger partial charge in [0.2, 0.25) is 0 Å². The summed E-state index contributed by atoms with van der Waals surface area (Å²) in [5.74, 6) is -1.78. The first-order valence-electron chi connectivity index (χ1n) is 6.63. The van der Waals surface area contributed by atoms with Crippen molar-refractivity contribution in [2.45, 2.75) is 32.3 Å². The van der Waals surface area contributed by atoms with Crippen molar-refractivity contribution < 1.29 is 19.4 Å². The van der Waals surface area contributed by atoms with Gasteiger partial charge in [-0.1, -0.05) is 11.6 Å². The minimum Gasteiger partial charge on any atom is -0.481 e. The Hall–Kier alpha value is -1.27. The summed E-state index contributed by atoms with van der Waals surface area (Å²) < 4.78 is 5.93. The summed E-state index contributed by atoms with van der Waals surface area (Å²) in [7, 11) is 0. The highest BCUT2D eigenvalue weighted by molar-refractivity contribution is 7.16. The molecule has 1 fully saturated rings. The molecule has 1 aliphatic rings. The van der Waals surface area contributed by atoms with Crippen LogP contribution in [-0.4, -0.2) is 40.8 Å². The second-order valence-electron chi connectivity index (χ2n) is 6.08. The van der Waals surface area contributed by atoms with E-state index in [9.17, 15) is 14.7 Å². The van der Waals surface area contributed by atoms with Gasteiger partial charge in [-0.05, 0) is 32.9 Å². The smallest absolute Gasteiger partial charge is 0.410 e. The van der Waals surface area contributed by atoms with E-state index in [2.05, 4.69) is 0 Å². The van der Waals surface area contributed by atoms with E-state index >= 15 is 0 Å². The fourth-order valence-electron chi connectivity index (χ4n) is 2.35. The van der Waals surface area contributed by atoms with E-state index in [0.717, 1.165) is 4.88 Å². The Bertz CT molecular complexity index is 551. The van der Waals surface area contributed by atoms with Crippen LogP contribution in [0.5, 0.6) is 0 Å². The number of carbonyl (C=O) groups is 2. The molecule has 1 saturated heterocycles. The number of hydrogen-bond acceptors (Lipinski definition) is 4. The van der Waals surface area contributed by atoms with Gasteiger partial charge in [-0.3, -0.25) is 4.79 Å². The molecule has 2 atom stereocenters. The minimum atomic E-state index is -0.907. The van der Waals surface area contributed by atoms with E-state index in [1.807, 2.05) is 6.07 Å². The lowest BCUT2D eigenvalue weighted by atomic mass is 9.95. The van der Waals surface area contributed by atoms with E-state index in [-0.39, 0.29) is 12.5 Å². The van der Waals surface area contributed by atoms with Crippen molar-refractivity contribution in [3.63, 3.8) is 0 Å². The highest BCUT2D eigenvalue weighted by atomic mass is 35.5. The molecular formula is C14H18ClNO4S. The van der Waals surface area contributed by atoms with Crippen LogP contribution in [0.3, 0.4) is 0 Å². The topological polar surface area (TPSA) is 66.8 Å². The normalized spacial score (nSPS) is 22.4. The second kappa shape index (κ2) is 5.85. The fraction of sp³-hybridized carbons (Fsp3) is 0.571. The number of aliphatic carboxylic acids is 1. The van der Waals surface area contributed by atoms with Crippen LogP contribution < -0.4 is 0 Å². The van der Waals surface area contributed by atoms with E-state index < -0.39 is 23.6 Å². The lowest BCUT2D eigenvalue weighted by molar-refractivity contribution is -0.141. The Balaban J connectivity index is 2.15. The number of ether oxygens (including phenoxy) is 1. The van der Waals surface area contributed by atoms with Crippen LogP contribution in [-0.2, 0) is 9.53 Å². The van der Waals surface area contributed by atoms with Gasteiger partial charge in [-0.15, -0.1) is 11.3 Å². The average Bonchev–Trinajstić information content (AvgIpc) is 2.91. The van der Waals surface area contributed by atoms with Gasteiger partial charge in [-0.2, -0.15) is 0 Å². The number of likely N-dealkylation sites (tertiary alicyclic amines) is 1. The van der Waals surface area contributed by atoms with Gasteiger partial charge in [0, 0.05) is 23.9 Å². The maximum absolute atomic E-state index is 12.1. The lowest BCUT2D eigenvalue weighted by Gasteiger charge is -2.24. The molecule has 2 heterocycles. The molecule has 5 nitrogen and oxygen atoms in total.